The van der Waals surface area contributed by atoms with E-state index in [4.69, 9.17) is 5.11 Å². The molecule has 0 saturated carbocycles. The van der Waals surface area contributed by atoms with Crippen LogP contribution in [0.5, 0.6) is 0 Å². The van der Waals surface area contributed by atoms with Crippen LogP contribution < -0.4 is 5.32 Å². The van der Waals surface area contributed by atoms with Crippen LogP contribution in [0.3, 0.4) is 0 Å². The quantitative estimate of drug-likeness (QED) is 0.589. The van der Waals surface area contributed by atoms with E-state index in [-0.39, 0.29) is 18.1 Å². The molecule has 0 aliphatic rings. The van der Waals surface area contributed by atoms with Crippen LogP contribution in [-0.2, 0) is 6.54 Å². The first-order valence-electron chi connectivity index (χ1n) is 4.94. The van der Waals surface area contributed by atoms with Gasteiger partial charge in [0.15, 0.2) is 5.69 Å². The highest BCUT2D eigenvalue weighted by molar-refractivity contribution is 5.90. The maximum Gasteiger partial charge on any atom is 0.358 e. The number of carbonyl (C=O) groups is 2. The lowest BCUT2D eigenvalue weighted by atomic mass is 10.5. The number of carboxylic acid groups (broad SMARTS) is 1. The molecule has 2 heterocycles. The standard InChI is InChI=1S/C8H9N7O3/c16-7(6-10-4-11-13-6)9-1-2-15-3-5(8(17)18)12-14-15/h3-4H,1-2H2,(H,9,16)(H,17,18)(H,10,11,13). The van der Waals surface area contributed by atoms with Crippen LogP contribution in [-0.4, -0.2) is 53.7 Å². The molecular weight excluding hydrogens is 242 g/mol. The first-order valence-corrected chi connectivity index (χ1v) is 4.94. The molecule has 1 amide bonds. The molecule has 0 saturated heterocycles. The highest BCUT2D eigenvalue weighted by Gasteiger charge is 2.09. The minimum atomic E-state index is -1.15. The van der Waals surface area contributed by atoms with Crippen molar-refractivity contribution in [3.05, 3.63) is 24.0 Å². The molecule has 0 unspecified atom stereocenters. The van der Waals surface area contributed by atoms with Crippen molar-refractivity contribution in [2.24, 2.45) is 0 Å². The van der Waals surface area contributed by atoms with Crippen molar-refractivity contribution in [2.75, 3.05) is 6.54 Å². The molecule has 94 valence electrons. The van der Waals surface area contributed by atoms with Gasteiger partial charge < -0.3 is 10.4 Å². The van der Waals surface area contributed by atoms with Gasteiger partial charge in [0, 0.05) is 6.54 Å². The molecule has 0 aliphatic heterocycles. The molecule has 2 rings (SSSR count). The van der Waals surface area contributed by atoms with E-state index >= 15 is 0 Å². The van der Waals surface area contributed by atoms with E-state index in [9.17, 15) is 9.59 Å². The summed E-state index contributed by atoms with van der Waals surface area (Å²) < 4.78 is 1.32. The first kappa shape index (κ1) is 11.7. The SMILES string of the molecule is O=C(O)c1cn(CCNC(=O)c2ncn[nH]2)nn1. The molecule has 0 radical (unpaired) electrons. The molecule has 0 aromatic carbocycles. The molecule has 0 atom stereocenters. The Morgan fingerprint density at radius 3 is 2.94 bits per heavy atom. The third-order valence-corrected chi connectivity index (χ3v) is 2.01. The number of nitrogens with zero attached hydrogens (tertiary/aromatic N) is 5. The lowest BCUT2D eigenvalue weighted by Crippen LogP contribution is -2.28. The lowest BCUT2D eigenvalue weighted by molar-refractivity contribution is 0.0690. The van der Waals surface area contributed by atoms with Crippen LogP contribution in [0.15, 0.2) is 12.5 Å². The number of hydrogen-bond acceptors (Lipinski definition) is 6. The average Bonchev–Trinajstić information content (AvgIpc) is 3.00. The summed E-state index contributed by atoms with van der Waals surface area (Å²) in [5.74, 6) is -1.43. The largest absolute Gasteiger partial charge is 0.476 e. The first-order chi connectivity index (χ1) is 8.66. The van der Waals surface area contributed by atoms with Gasteiger partial charge in [0.2, 0.25) is 5.82 Å². The fourth-order valence-corrected chi connectivity index (χ4v) is 1.19. The van der Waals surface area contributed by atoms with Crippen molar-refractivity contribution in [2.45, 2.75) is 6.54 Å². The highest BCUT2D eigenvalue weighted by Crippen LogP contribution is 1.92. The predicted octanol–water partition coefficient (Wildman–Crippen LogP) is -1.48. The van der Waals surface area contributed by atoms with E-state index in [2.05, 4.69) is 30.8 Å². The number of rotatable bonds is 5. The van der Waals surface area contributed by atoms with Gasteiger partial charge in [-0.05, 0) is 0 Å². The van der Waals surface area contributed by atoms with Crippen LogP contribution in [0.1, 0.15) is 21.1 Å². The van der Waals surface area contributed by atoms with Crippen molar-refractivity contribution in [3.63, 3.8) is 0 Å². The summed E-state index contributed by atoms with van der Waals surface area (Å²) in [5.41, 5.74) is -0.142. The topological polar surface area (TPSA) is 139 Å². The summed E-state index contributed by atoms with van der Waals surface area (Å²) >= 11 is 0. The summed E-state index contributed by atoms with van der Waals surface area (Å²) in [4.78, 5) is 25.6. The second kappa shape index (κ2) is 5.03. The van der Waals surface area contributed by atoms with Crippen LogP contribution >= 0.6 is 0 Å². The molecule has 0 aliphatic carbocycles. The van der Waals surface area contributed by atoms with E-state index in [1.54, 1.807) is 0 Å². The molecule has 10 nitrogen and oxygen atoms in total. The van der Waals surface area contributed by atoms with Gasteiger partial charge in [-0.3, -0.25) is 9.89 Å². The minimum Gasteiger partial charge on any atom is -0.476 e. The van der Waals surface area contributed by atoms with Gasteiger partial charge in [-0.2, -0.15) is 5.10 Å². The molecule has 2 aromatic rings. The zero-order valence-corrected chi connectivity index (χ0v) is 9.07. The summed E-state index contributed by atoms with van der Waals surface area (Å²) in [5, 5.41) is 24.2. The number of hydrogen-bond donors (Lipinski definition) is 3. The second-order valence-electron chi connectivity index (χ2n) is 3.26. The van der Waals surface area contributed by atoms with Gasteiger partial charge >= 0.3 is 5.97 Å². The number of aromatic nitrogens is 6. The van der Waals surface area contributed by atoms with Crippen molar-refractivity contribution < 1.29 is 14.7 Å². The normalized spacial score (nSPS) is 10.2. The Balaban J connectivity index is 1.81. The van der Waals surface area contributed by atoms with Gasteiger partial charge in [-0.15, -0.1) is 5.10 Å². The van der Waals surface area contributed by atoms with Gasteiger partial charge in [0.1, 0.15) is 6.33 Å². The predicted molar refractivity (Wildman–Crippen MR) is 55.7 cm³/mol. The van der Waals surface area contributed by atoms with Crippen molar-refractivity contribution in [1.29, 1.82) is 0 Å². The van der Waals surface area contributed by atoms with Crippen molar-refractivity contribution in [1.82, 2.24) is 35.5 Å². The van der Waals surface area contributed by atoms with Crippen LogP contribution in [0.25, 0.3) is 0 Å². The zero-order chi connectivity index (χ0) is 13.0. The Bertz CT molecular complexity index is 547. The highest BCUT2D eigenvalue weighted by atomic mass is 16.4. The minimum absolute atomic E-state index is 0.111. The van der Waals surface area contributed by atoms with E-state index in [0.717, 1.165) is 0 Å². The van der Waals surface area contributed by atoms with Crippen LogP contribution in [0, 0.1) is 0 Å². The van der Waals surface area contributed by atoms with Gasteiger partial charge in [-0.25, -0.2) is 14.5 Å². The summed E-state index contributed by atoms with van der Waals surface area (Å²) in [6.45, 7) is 0.572. The monoisotopic (exact) mass is 251 g/mol. The molecule has 10 heteroatoms. The summed E-state index contributed by atoms with van der Waals surface area (Å²) in [6.07, 6.45) is 2.51. The fraction of sp³-hybridized carbons (Fsp3) is 0.250. The van der Waals surface area contributed by atoms with Gasteiger partial charge in [0.25, 0.3) is 5.91 Å². The number of H-pyrrole nitrogens is 1. The van der Waals surface area contributed by atoms with Gasteiger partial charge in [-0.1, -0.05) is 5.21 Å². The molecule has 0 fully saturated rings. The average molecular weight is 251 g/mol. The van der Waals surface area contributed by atoms with Crippen LogP contribution in [0.2, 0.25) is 0 Å². The molecule has 0 bridgehead atoms. The van der Waals surface area contributed by atoms with E-state index in [1.807, 2.05) is 0 Å². The zero-order valence-electron chi connectivity index (χ0n) is 9.07. The number of aromatic carboxylic acids is 1. The lowest BCUT2D eigenvalue weighted by Gasteiger charge is -2.01. The number of carboxylic acids is 1. The Labute approximate surface area is 100 Å². The summed E-state index contributed by atoms with van der Waals surface area (Å²) in [6, 6.07) is 0. The second-order valence-corrected chi connectivity index (χ2v) is 3.26. The Hall–Kier alpha value is -2.78. The molecule has 2 aromatic heterocycles. The van der Waals surface area contributed by atoms with Gasteiger partial charge in [0.05, 0.1) is 12.7 Å². The molecule has 18 heavy (non-hydrogen) atoms. The van der Waals surface area contributed by atoms with E-state index in [1.165, 1.54) is 17.2 Å². The number of carbonyl (C=O) groups excluding carboxylic acids is 1. The molecular formula is C8H9N7O3. The van der Waals surface area contributed by atoms with Crippen molar-refractivity contribution >= 4 is 11.9 Å². The van der Waals surface area contributed by atoms with Crippen LogP contribution in [0.4, 0.5) is 0 Å². The van der Waals surface area contributed by atoms with E-state index in [0.29, 0.717) is 6.54 Å². The number of amides is 1. The Morgan fingerprint density at radius 1 is 1.50 bits per heavy atom. The Kier molecular flexibility index (Phi) is 3.27. The third-order valence-electron chi connectivity index (χ3n) is 2.01. The third kappa shape index (κ3) is 2.66. The van der Waals surface area contributed by atoms with E-state index < -0.39 is 11.9 Å². The Morgan fingerprint density at radius 2 is 2.33 bits per heavy atom. The van der Waals surface area contributed by atoms with Crippen molar-refractivity contribution in [3.8, 4) is 0 Å². The number of aromatic amines is 1. The summed E-state index contributed by atoms with van der Waals surface area (Å²) in [7, 11) is 0. The molecule has 0 spiro atoms. The maximum absolute atomic E-state index is 11.4. The maximum atomic E-state index is 11.4. The molecule has 3 N–H and O–H groups in total. The fourth-order valence-electron chi connectivity index (χ4n) is 1.19. The number of nitrogens with one attached hydrogen (secondary N) is 2. The smallest absolute Gasteiger partial charge is 0.358 e.